The van der Waals surface area contributed by atoms with Crippen LogP contribution in [-0.2, 0) is 4.79 Å². The number of aliphatic carboxylic acids is 1. The van der Waals surface area contributed by atoms with Crippen molar-refractivity contribution in [3.8, 4) is 10.8 Å². The number of carbonyl (C=O) groups excluding carboxylic acids is 1. The predicted octanol–water partition coefficient (Wildman–Crippen LogP) is 0.947. The number of hydrogen-bond acceptors (Lipinski definition) is 6. The van der Waals surface area contributed by atoms with E-state index in [-0.39, 0.29) is 0 Å². The first-order valence-corrected chi connectivity index (χ1v) is 6.71. The number of nitrogens with one attached hydrogen (secondary N) is 1. The third-order valence-corrected chi connectivity index (χ3v) is 3.99. The molecule has 7 nitrogen and oxygen atoms in total. The van der Waals surface area contributed by atoms with Crippen molar-refractivity contribution in [3.63, 3.8) is 0 Å². The summed E-state index contributed by atoms with van der Waals surface area (Å²) in [6, 6.07) is 1.69. The van der Waals surface area contributed by atoms with Gasteiger partial charge in [-0.05, 0) is 18.9 Å². The third-order valence-electron chi connectivity index (χ3n) is 3.00. The van der Waals surface area contributed by atoms with E-state index in [0.717, 1.165) is 11.3 Å². The molecule has 0 atom stereocenters. The monoisotopic (exact) mass is 290 g/mol. The van der Waals surface area contributed by atoms with Gasteiger partial charge in [-0.25, -0.2) is 19.7 Å². The van der Waals surface area contributed by atoms with Gasteiger partial charge in [-0.2, -0.15) is 0 Å². The fourth-order valence-corrected chi connectivity index (χ4v) is 2.45. The van der Waals surface area contributed by atoms with Gasteiger partial charge < -0.3 is 10.4 Å². The Balaban J connectivity index is 1.77. The molecule has 1 fully saturated rings. The highest BCUT2D eigenvalue weighted by Gasteiger charge is 2.51. The topological polar surface area (TPSA) is 105 Å². The molecule has 3 rings (SSSR count). The van der Waals surface area contributed by atoms with E-state index >= 15 is 0 Å². The molecular weight excluding hydrogens is 280 g/mol. The highest BCUT2D eigenvalue weighted by atomic mass is 32.1. The summed E-state index contributed by atoms with van der Waals surface area (Å²) in [4.78, 5) is 35.6. The molecular formula is C12H10N4O3S. The molecule has 0 radical (unpaired) electrons. The fraction of sp³-hybridized carbons (Fsp3) is 0.250. The van der Waals surface area contributed by atoms with Crippen LogP contribution < -0.4 is 5.32 Å². The van der Waals surface area contributed by atoms with Crippen molar-refractivity contribution in [2.45, 2.75) is 18.4 Å². The number of carbonyl (C=O) groups is 2. The summed E-state index contributed by atoms with van der Waals surface area (Å²) in [5.41, 5.74) is -1.09. The summed E-state index contributed by atoms with van der Waals surface area (Å²) in [6.07, 6.45) is 5.51. The van der Waals surface area contributed by atoms with Crippen LogP contribution in [0.5, 0.6) is 0 Å². The summed E-state index contributed by atoms with van der Waals surface area (Å²) >= 11 is 1.13. The van der Waals surface area contributed by atoms with Gasteiger partial charge in [0.1, 0.15) is 10.4 Å². The molecule has 0 saturated heterocycles. The average Bonchev–Trinajstić information content (AvgIpc) is 3.07. The molecule has 2 N–H and O–H groups in total. The van der Waals surface area contributed by atoms with E-state index in [1.54, 1.807) is 18.5 Å². The first-order chi connectivity index (χ1) is 9.61. The Morgan fingerprint density at radius 1 is 1.25 bits per heavy atom. The van der Waals surface area contributed by atoms with Crippen molar-refractivity contribution in [3.05, 3.63) is 29.5 Å². The van der Waals surface area contributed by atoms with Gasteiger partial charge in [-0.3, -0.25) is 4.79 Å². The lowest BCUT2D eigenvalue weighted by Crippen LogP contribution is -2.42. The zero-order valence-electron chi connectivity index (χ0n) is 10.2. The van der Waals surface area contributed by atoms with Crippen LogP contribution in [0.15, 0.2) is 24.7 Å². The van der Waals surface area contributed by atoms with Gasteiger partial charge in [0, 0.05) is 12.4 Å². The Bertz CT molecular complexity index is 666. The number of carboxylic acid groups (broad SMARTS) is 1. The lowest BCUT2D eigenvalue weighted by Gasteiger charge is -2.10. The van der Waals surface area contributed by atoms with E-state index in [1.807, 2.05) is 0 Å². The van der Waals surface area contributed by atoms with Crippen LogP contribution in [0.3, 0.4) is 0 Å². The van der Waals surface area contributed by atoms with Crippen LogP contribution in [0.2, 0.25) is 0 Å². The van der Waals surface area contributed by atoms with Gasteiger partial charge in [0.25, 0.3) is 5.91 Å². The second kappa shape index (κ2) is 4.64. The van der Waals surface area contributed by atoms with Gasteiger partial charge in [0.2, 0.25) is 0 Å². The van der Waals surface area contributed by atoms with Gasteiger partial charge in [-0.1, -0.05) is 0 Å². The van der Waals surface area contributed by atoms with Crippen LogP contribution in [-0.4, -0.2) is 37.5 Å². The highest BCUT2D eigenvalue weighted by Crippen LogP contribution is 2.36. The van der Waals surface area contributed by atoms with Gasteiger partial charge >= 0.3 is 5.97 Å². The van der Waals surface area contributed by atoms with Crippen LogP contribution in [0.4, 0.5) is 0 Å². The largest absolute Gasteiger partial charge is 0.480 e. The van der Waals surface area contributed by atoms with Gasteiger partial charge in [0.05, 0.1) is 6.20 Å². The number of nitrogens with zero attached hydrogens (tertiary/aromatic N) is 3. The molecule has 0 unspecified atom stereocenters. The molecule has 0 spiro atoms. The minimum Gasteiger partial charge on any atom is -0.480 e. The van der Waals surface area contributed by atoms with E-state index in [4.69, 9.17) is 5.11 Å². The number of hydrogen-bond donors (Lipinski definition) is 2. The molecule has 1 aliphatic carbocycles. The van der Waals surface area contributed by atoms with Crippen LogP contribution >= 0.6 is 11.3 Å². The van der Waals surface area contributed by atoms with Crippen molar-refractivity contribution in [1.82, 2.24) is 20.3 Å². The maximum absolute atomic E-state index is 12.0. The summed E-state index contributed by atoms with van der Waals surface area (Å²) in [6.45, 7) is 0. The first-order valence-electron chi connectivity index (χ1n) is 5.90. The molecule has 8 heteroatoms. The molecule has 1 amide bonds. The van der Waals surface area contributed by atoms with Crippen molar-refractivity contribution < 1.29 is 14.7 Å². The maximum atomic E-state index is 12.0. The predicted molar refractivity (Wildman–Crippen MR) is 70.2 cm³/mol. The lowest BCUT2D eigenvalue weighted by molar-refractivity contribution is -0.140. The second-order valence-electron chi connectivity index (χ2n) is 4.44. The van der Waals surface area contributed by atoms with Crippen molar-refractivity contribution in [2.75, 3.05) is 0 Å². The third kappa shape index (κ3) is 2.25. The van der Waals surface area contributed by atoms with Crippen LogP contribution in [0.25, 0.3) is 10.8 Å². The van der Waals surface area contributed by atoms with Crippen molar-refractivity contribution in [2.24, 2.45) is 0 Å². The molecule has 2 aromatic rings. The molecule has 20 heavy (non-hydrogen) atoms. The summed E-state index contributed by atoms with van der Waals surface area (Å²) in [5.74, 6) is -0.984. The smallest absolute Gasteiger partial charge is 0.329 e. The minimum absolute atomic E-state index is 0.347. The SMILES string of the molecule is O=C(NC1(C(=O)O)CC1)c1cnc(-c2ncccn2)s1. The van der Waals surface area contributed by atoms with E-state index < -0.39 is 17.4 Å². The minimum atomic E-state index is -1.09. The molecule has 2 heterocycles. The zero-order valence-corrected chi connectivity index (χ0v) is 11.1. The molecule has 2 aromatic heterocycles. The second-order valence-corrected chi connectivity index (χ2v) is 5.47. The number of rotatable bonds is 4. The average molecular weight is 290 g/mol. The summed E-state index contributed by atoms with van der Waals surface area (Å²) in [5, 5.41) is 12.1. The Hall–Kier alpha value is -2.35. The number of aromatic nitrogens is 3. The first kappa shape index (κ1) is 12.7. The Morgan fingerprint density at radius 3 is 2.55 bits per heavy atom. The molecule has 1 saturated carbocycles. The molecule has 102 valence electrons. The lowest BCUT2D eigenvalue weighted by atomic mass is 10.2. The van der Waals surface area contributed by atoms with E-state index in [2.05, 4.69) is 20.3 Å². The Morgan fingerprint density at radius 2 is 1.95 bits per heavy atom. The van der Waals surface area contributed by atoms with E-state index in [0.29, 0.717) is 28.6 Å². The van der Waals surface area contributed by atoms with Crippen LogP contribution in [0.1, 0.15) is 22.5 Å². The van der Waals surface area contributed by atoms with Gasteiger partial charge in [0.15, 0.2) is 10.8 Å². The quantitative estimate of drug-likeness (QED) is 0.868. The van der Waals surface area contributed by atoms with Crippen LogP contribution in [0, 0.1) is 0 Å². The molecule has 1 aliphatic rings. The number of thiazole rings is 1. The van der Waals surface area contributed by atoms with E-state index in [9.17, 15) is 9.59 Å². The number of amides is 1. The fourth-order valence-electron chi connectivity index (χ4n) is 1.69. The Labute approximate surface area is 117 Å². The highest BCUT2D eigenvalue weighted by molar-refractivity contribution is 7.16. The zero-order chi connectivity index (χ0) is 14.2. The molecule has 0 aliphatic heterocycles. The van der Waals surface area contributed by atoms with Crippen molar-refractivity contribution >= 4 is 23.2 Å². The standard InChI is InChI=1S/C12H10N4O3S/c17-9(16-12(2-3-12)11(18)19)7-6-15-10(20-7)8-13-4-1-5-14-8/h1,4-6H,2-3H2,(H,16,17)(H,18,19). The van der Waals surface area contributed by atoms with Gasteiger partial charge in [-0.15, -0.1) is 11.3 Å². The van der Waals surface area contributed by atoms with E-state index in [1.165, 1.54) is 6.20 Å². The summed E-state index contributed by atoms with van der Waals surface area (Å²) < 4.78 is 0. The molecule has 0 aromatic carbocycles. The maximum Gasteiger partial charge on any atom is 0.329 e. The summed E-state index contributed by atoms with van der Waals surface area (Å²) in [7, 11) is 0. The Kier molecular flexibility index (Phi) is 2.94. The van der Waals surface area contributed by atoms with Crippen molar-refractivity contribution in [1.29, 1.82) is 0 Å². The normalized spacial score (nSPS) is 15.6. The number of carboxylic acids is 1. The molecule has 0 bridgehead atoms.